The third kappa shape index (κ3) is 7.13. The molecule has 0 heterocycles. The molecule has 0 aliphatic carbocycles. The SMILES string of the molecule is C=CCNS(=O)(=O)c1cc(C(=O)OCC(=O)Nc2ccc(N(CC)C(C)C)cc2)ccc1F. The first-order chi connectivity index (χ1) is 15.6. The second-order valence-electron chi connectivity index (χ2n) is 7.34. The van der Waals surface area contributed by atoms with Crippen LogP contribution in [0.3, 0.4) is 0 Å². The van der Waals surface area contributed by atoms with E-state index in [-0.39, 0.29) is 12.1 Å². The van der Waals surface area contributed by atoms with Gasteiger partial charge in [0.2, 0.25) is 10.0 Å². The molecule has 0 fully saturated rings. The summed E-state index contributed by atoms with van der Waals surface area (Å²) in [6.45, 7) is 9.76. The van der Waals surface area contributed by atoms with E-state index in [1.165, 1.54) is 6.08 Å². The van der Waals surface area contributed by atoms with Crippen LogP contribution in [0.4, 0.5) is 15.8 Å². The first-order valence-corrected chi connectivity index (χ1v) is 11.8. The Labute approximate surface area is 193 Å². The lowest BCUT2D eigenvalue weighted by Gasteiger charge is -2.27. The van der Waals surface area contributed by atoms with Crippen molar-refractivity contribution in [2.45, 2.75) is 31.7 Å². The Morgan fingerprint density at radius 3 is 2.42 bits per heavy atom. The lowest BCUT2D eigenvalue weighted by atomic mass is 10.2. The van der Waals surface area contributed by atoms with Gasteiger partial charge in [-0.2, -0.15) is 0 Å². The van der Waals surface area contributed by atoms with Gasteiger partial charge in [0.1, 0.15) is 10.7 Å². The van der Waals surface area contributed by atoms with E-state index in [1.54, 1.807) is 12.1 Å². The van der Waals surface area contributed by atoms with E-state index in [9.17, 15) is 22.4 Å². The zero-order valence-electron chi connectivity index (χ0n) is 18.8. The van der Waals surface area contributed by atoms with Crippen molar-refractivity contribution in [3.05, 3.63) is 66.5 Å². The number of anilines is 2. The smallest absolute Gasteiger partial charge is 0.338 e. The Morgan fingerprint density at radius 2 is 1.85 bits per heavy atom. The van der Waals surface area contributed by atoms with Gasteiger partial charge < -0.3 is 15.0 Å². The van der Waals surface area contributed by atoms with Crippen LogP contribution in [0.25, 0.3) is 0 Å². The van der Waals surface area contributed by atoms with E-state index < -0.39 is 39.2 Å². The number of benzene rings is 2. The summed E-state index contributed by atoms with van der Waals surface area (Å²) in [5, 5.41) is 2.62. The summed E-state index contributed by atoms with van der Waals surface area (Å²) >= 11 is 0. The zero-order valence-corrected chi connectivity index (χ0v) is 19.6. The number of rotatable bonds is 11. The molecule has 0 spiro atoms. The van der Waals surface area contributed by atoms with Gasteiger partial charge in [-0.3, -0.25) is 4.79 Å². The number of amides is 1. The number of halogens is 1. The molecule has 0 atom stereocenters. The molecule has 2 rings (SSSR count). The molecule has 0 saturated heterocycles. The molecular formula is C23H28FN3O5S. The molecule has 2 N–H and O–H groups in total. The molecule has 0 aliphatic rings. The van der Waals surface area contributed by atoms with Crippen LogP contribution < -0.4 is 14.9 Å². The van der Waals surface area contributed by atoms with Crippen LogP contribution in [0.5, 0.6) is 0 Å². The molecule has 178 valence electrons. The first kappa shape index (κ1) is 26.0. The molecule has 2 aromatic rings. The lowest BCUT2D eigenvalue weighted by Crippen LogP contribution is -2.30. The topological polar surface area (TPSA) is 105 Å². The Balaban J connectivity index is 2.00. The first-order valence-electron chi connectivity index (χ1n) is 10.3. The third-order valence-corrected chi connectivity index (χ3v) is 6.09. The summed E-state index contributed by atoms with van der Waals surface area (Å²) in [4.78, 5) is 25.9. The molecule has 0 aromatic heterocycles. The minimum absolute atomic E-state index is 0.106. The van der Waals surface area contributed by atoms with Crippen molar-refractivity contribution < 1.29 is 27.1 Å². The maximum atomic E-state index is 14.0. The molecule has 0 radical (unpaired) electrons. The van der Waals surface area contributed by atoms with E-state index in [0.717, 1.165) is 30.4 Å². The molecule has 0 aliphatic heterocycles. The van der Waals surface area contributed by atoms with Crippen molar-refractivity contribution in [2.24, 2.45) is 0 Å². The monoisotopic (exact) mass is 477 g/mol. The Kier molecular flexibility index (Phi) is 9.12. The number of hydrogen-bond donors (Lipinski definition) is 2. The van der Waals surface area contributed by atoms with Crippen molar-refractivity contribution in [3.63, 3.8) is 0 Å². The molecule has 0 saturated carbocycles. The van der Waals surface area contributed by atoms with Crippen molar-refractivity contribution in [3.8, 4) is 0 Å². The van der Waals surface area contributed by atoms with Crippen LogP contribution in [-0.4, -0.2) is 46.0 Å². The number of carbonyl (C=O) groups is 2. The summed E-state index contributed by atoms with van der Waals surface area (Å²) in [6.07, 6.45) is 1.30. The maximum absolute atomic E-state index is 14.0. The van der Waals surface area contributed by atoms with Crippen LogP contribution in [0.2, 0.25) is 0 Å². The van der Waals surface area contributed by atoms with Gasteiger partial charge in [-0.1, -0.05) is 6.08 Å². The van der Waals surface area contributed by atoms with Crippen LogP contribution in [0, 0.1) is 5.82 Å². The normalized spacial score (nSPS) is 11.2. The number of nitrogens with one attached hydrogen (secondary N) is 2. The third-order valence-electron chi connectivity index (χ3n) is 4.66. The van der Waals surface area contributed by atoms with E-state index in [2.05, 4.69) is 42.3 Å². The summed E-state index contributed by atoms with van der Waals surface area (Å²) in [5.41, 5.74) is 1.34. The Morgan fingerprint density at radius 1 is 1.18 bits per heavy atom. The maximum Gasteiger partial charge on any atom is 0.338 e. The van der Waals surface area contributed by atoms with Gasteiger partial charge >= 0.3 is 5.97 Å². The number of sulfonamides is 1. The fraction of sp³-hybridized carbons (Fsp3) is 0.304. The van der Waals surface area contributed by atoms with Gasteiger partial charge in [-0.15, -0.1) is 6.58 Å². The van der Waals surface area contributed by atoms with Crippen LogP contribution >= 0.6 is 0 Å². The minimum atomic E-state index is -4.19. The lowest BCUT2D eigenvalue weighted by molar-refractivity contribution is -0.119. The highest BCUT2D eigenvalue weighted by Crippen LogP contribution is 2.20. The predicted octanol–water partition coefficient (Wildman–Crippen LogP) is 3.32. The molecule has 2 aromatic carbocycles. The molecule has 0 unspecified atom stereocenters. The molecule has 10 heteroatoms. The van der Waals surface area contributed by atoms with Gasteiger partial charge in [0.25, 0.3) is 5.91 Å². The second kappa shape index (κ2) is 11.6. The van der Waals surface area contributed by atoms with Crippen molar-refractivity contribution in [1.82, 2.24) is 4.72 Å². The van der Waals surface area contributed by atoms with Crippen LogP contribution in [0.15, 0.2) is 60.0 Å². The molecular weight excluding hydrogens is 449 g/mol. The number of ether oxygens (including phenoxy) is 1. The fourth-order valence-corrected chi connectivity index (χ4v) is 4.18. The number of nitrogens with zero attached hydrogens (tertiary/aromatic N) is 1. The van der Waals surface area contributed by atoms with Crippen molar-refractivity contribution in [1.29, 1.82) is 0 Å². The number of esters is 1. The van der Waals surface area contributed by atoms with E-state index in [0.29, 0.717) is 11.7 Å². The van der Waals surface area contributed by atoms with E-state index >= 15 is 0 Å². The average molecular weight is 478 g/mol. The molecule has 0 bridgehead atoms. The van der Waals surface area contributed by atoms with Crippen LogP contribution in [-0.2, 0) is 19.6 Å². The van der Waals surface area contributed by atoms with E-state index in [1.807, 2.05) is 12.1 Å². The average Bonchev–Trinajstić information content (AvgIpc) is 2.77. The summed E-state index contributed by atoms with van der Waals surface area (Å²) in [7, 11) is -4.19. The fourth-order valence-electron chi connectivity index (χ4n) is 3.08. The number of carbonyl (C=O) groups excluding carboxylic acids is 2. The Bertz CT molecular complexity index is 1100. The number of hydrogen-bond acceptors (Lipinski definition) is 6. The zero-order chi connectivity index (χ0) is 24.6. The highest BCUT2D eigenvalue weighted by Gasteiger charge is 2.21. The van der Waals surface area contributed by atoms with Gasteiger partial charge in [0.15, 0.2) is 6.61 Å². The second-order valence-corrected chi connectivity index (χ2v) is 9.07. The van der Waals surface area contributed by atoms with E-state index in [4.69, 9.17) is 4.74 Å². The standard InChI is InChI=1S/C23H28FN3O5S/c1-5-13-25-33(30,31)21-14-17(7-12-20(21)24)23(29)32-15-22(28)26-18-8-10-19(11-9-18)27(6-2)16(3)4/h5,7-12,14,16,25H,1,6,13,15H2,2-4H3,(H,26,28). The minimum Gasteiger partial charge on any atom is -0.452 e. The highest BCUT2D eigenvalue weighted by atomic mass is 32.2. The Hall–Kier alpha value is -3.24. The van der Waals surface area contributed by atoms with Gasteiger partial charge in [0.05, 0.1) is 5.56 Å². The molecule has 33 heavy (non-hydrogen) atoms. The van der Waals surface area contributed by atoms with Crippen molar-refractivity contribution in [2.75, 3.05) is 29.9 Å². The quantitative estimate of drug-likeness (QED) is 0.380. The van der Waals surface area contributed by atoms with Gasteiger partial charge in [-0.05, 0) is 63.2 Å². The predicted molar refractivity (Wildman–Crippen MR) is 125 cm³/mol. The van der Waals surface area contributed by atoms with Gasteiger partial charge in [-0.25, -0.2) is 22.3 Å². The highest BCUT2D eigenvalue weighted by molar-refractivity contribution is 7.89. The molecule has 8 nitrogen and oxygen atoms in total. The summed E-state index contributed by atoms with van der Waals surface area (Å²) < 4.78 is 45.4. The van der Waals surface area contributed by atoms with Crippen LogP contribution in [0.1, 0.15) is 31.1 Å². The summed E-state index contributed by atoms with van der Waals surface area (Å²) in [6, 6.07) is 10.4. The largest absolute Gasteiger partial charge is 0.452 e. The summed E-state index contributed by atoms with van der Waals surface area (Å²) in [5.74, 6) is -2.56. The molecule has 1 amide bonds. The van der Waals surface area contributed by atoms with Gasteiger partial charge in [0, 0.05) is 30.5 Å². The van der Waals surface area contributed by atoms with Crippen molar-refractivity contribution >= 4 is 33.3 Å².